The minimum Gasteiger partial charge on any atom is -0.490 e. The number of hydrogen-bond acceptors (Lipinski definition) is 6. The molecule has 2 aromatic heterocycles. The maximum absolute atomic E-state index is 12.9. The molecular weight excluding hydrogens is 428 g/mol. The lowest BCUT2D eigenvalue weighted by atomic mass is 10.2. The fraction of sp³-hybridized carbons (Fsp3) is 0.190. The Kier molecular flexibility index (Phi) is 5.61. The fourth-order valence-corrected chi connectivity index (χ4v) is 4.34. The number of fused-ring (bicyclic) bond motifs is 2. The summed E-state index contributed by atoms with van der Waals surface area (Å²) in [7, 11) is 1.31. The van der Waals surface area contributed by atoms with E-state index in [1.165, 1.54) is 18.4 Å². The van der Waals surface area contributed by atoms with E-state index in [4.69, 9.17) is 25.5 Å². The number of carbonyl (C=O) groups is 2. The molecule has 0 N–H and O–H groups in total. The number of methoxy groups -OCH3 is 1. The van der Waals surface area contributed by atoms with E-state index in [2.05, 4.69) is 4.99 Å². The number of esters is 1. The maximum Gasteiger partial charge on any atom is 0.325 e. The Balaban J connectivity index is 1.81. The van der Waals surface area contributed by atoms with E-state index in [1.54, 1.807) is 34.9 Å². The summed E-state index contributed by atoms with van der Waals surface area (Å²) in [5, 5.41) is 1.29. The molecule has 0 unspecified atom stereocenters. The predicted octanol–water partition coefficient (Wildman–Crippen LogP) is 4.42. The normalized spacial score (nSPS) is 11.9. The average molecular weight is 445 g/mol. The molecule has 9 heteroatoms. The third kappa shape index (κ3) is 3.83. The molecule has 7 nitrogen and oxygen atoms in total. The van der Waals surface area contributed by atoms with Crippen molar-refractivity contribution >= 4 is 56.0 Å². The van der Waals surface area contributed by atoms with E-state index >= 15 is 0 Å². The molecule has 154 valence electrons. The summed E-state index contributed by atoms with van der Waals surface area (Å²) >= 11 is 7.33. The summed E-state index contributed by atoms with van der Waals surface area (Å²) in [6, 6.07) is 12.3. The molecule has 0 saturated heterocycles. The minimum atomic E-state index is -0.565. The van der Waals surface area contributed by atoms with E-state index in [9.17, 15) is 9.59 Å². The van der Waals surface area contributed by atoms with Gasteiger partial charge in [0.2, 0.25) is 0 Å². The lowest BCUT2D eigenvalue weighted by molar-refractivity contribution is -0.141. The molecular formula is C21H17ClN2O5S. The molecule has 30 heavy (non-hydrogen) atoms. The Bertz CT molecular complexity index is 1330. The van der Waals surface area contributed by atoms with Crippen LogP contribution in [0.2, 0.25) is 5.02 Å². The zero-order valence-corrected chi connectivity index (χ0v) is 17.7. The first-order chi connectivity index (χ1) is 14.5. The minimum absolute atomic E-state index is 0.0808. The monoisotopic (exact) mass is 444 g/mol. The van der Waals surface area contributed by atoms with Crippen molar-refractivity contribution in [3.05, 3.63) is 58.0 Å². The van der Waals surface area contributed by atoms with Gasteiger partial charge in [0.25, 0.3) is 0 Å². The van der Waals surface area contributed by atoms with Gasteiger partial charge < -0.3 is 18.5 Å². The quantitative estimate of drug-likeness (QED) is 0.425. The molecule has 0 radical (unpaired) electrons. The summed E-state index contributed by atoms with van der Waals surface area (Å²) in [5.74, 6) is -0.378. The van der Waals surface area contributed by atoms with Crippen LogP contribution < -0.4 is 9.54 Å². The number of thiazole rings is 1. The Labute approximate surface area is 180 Å². The van der Waals surface area contributed by atoms with Crippen LogP contribution in [-0.4, -0.2) is 30.2 Å². The van der Waals surface area contributed by atoms with Crippen molar-refractivity contribution in [1.82, 2.24) is 4.57 Å². The Morgan fingerprint density at radius 1 is 1.23 bits per heavy atom. The van der Waals surface area contributed by atoms with Crippen LogP contribution in [0.25, 0.3) is 21.2 Å². The number of para-hydroxylation sites is 1. The van der Waals surface area contributed by atoms with Crippen LogP contribution in [0.5, 0.6) is 5.75 Å². The molecule has 2 heterocycles. The van der Waals surface area contributed by atoms with Gasteiger partial charge in [0.05, 0.1) is 23.9 Å². The molecule has 0 fully saturated rings. The summed E-state index contributed by atoms with van der Waals surface area (Å²) in [4.78, 5) is 29.3. The van der Waals surface area contributed by atoms with Gasteiger partial charge in [0.15, 0.2) is 21.9 Å². The van der Waals surface area contributed by atoms with Crippen molar-refractivity contribution in [1.29, 1.82) is 0 Å². The van der Waals surface area contributed by atoms with Crippen LogP contribution >= 0.6 is 22.9 Å². The predicted molar refractivity (Wildman–Crippen MR) is 114 cm³/mol. The molecule has 2 aromatic carbocycles. The number of rotatable bonds is 5. The summed E-state index contributed by atoms with van der Waals surface area (Å²) in [6.07, 6.45) is 0. The molecule has 0 spiro atoms. The van der Waals surface area contributed by atoms with Gasteiger partial charge in [-0.2, -0.15) is 4.99 Å². The van der Waals surface area contributed by atoms with Crippen LogP contribution in [0.1, 0.15) is 17.5 Å². The first-order valence-corrected chi connectivity index (χ1v) is 10.3. The highest BCUT2D eigenvalue weighted by molar-refractivity contribution is 7.16. The average Bonchev–Trinajstić information content (AvgIpc) is 3.30. The molecule has 0 saturated carbocycles. The molecule has 4 rings (SSSR count). The second kappa shape index (κ2) is 8.33. The Morgan fingerprint density at radius 3 is 2.83 bits per heavy atom. The van der Waals surface area contributed by atoms with Gasteiger partial charge in [-0.3, -0.25) is 9.59 Å². The number of benzene rings is 2. The number of ether oxygens (including phenoxy) is 2. The van der Waals surface area contributed by atoms with Gasteiger partial charge in [0.1, 0.15) is 6.54 Å². The van der Waals surface area contributed by atoms with Crippen LogP contribution in [0.4, 0.5) is 0 Å². The van der Waals surface area contributed by atoms with Gasteiger partial charge >= 0.3 is 11.9 Å². The summed E-state index contributed by atoms with van der Waals surface area (Å²) < 4.78 is 18.5. The molecule has 0 aliphatic rings. The second-order valence-electron chi connectivity index (χ2n) is 6.29. The van der Waals surface area contributed by atoms with E-state index in [0.717, 1.165) is 15.6 Å². The van der Waals surface area contributed by atoms with Gasteiger partial charge in [-0.05, 0) is 37.3 Å². The topological polar surface area (TPSA) is 83.0 Å². The van der Waals surface area contributed by atoms with Crippen molar-refractivity contribution < 1.29 is 23.5 Å². The molecule has 1 amide bonds. The number of halogens is 1. The van der Waals surface area contributed by atoms with Crippen LogP contribution in [-0.2, 0) is 16.1 Å². The standard InChI is InChI=1S/C21H17ClN2O5S/c1-3-28-15-6-4-5-12-9-16(29-19(12)15)20(26)23-21-24(11-18(25)27-2)14-8-7-13(22)10-17(14)30-21/h4-10H,3,11H2,1-2H3. The van der Waals surface area contributed by atoms with E-state index < -0.39 is 11.9 Å². The zero-order chi connectivity index (χ0) is 21.3. The zero-order valence-electron chi connectivity index (χ0n) is 16.2. The van der Waals surface area contributed by atoms with E-state index in [0.29, 0.717) is 27.8 Å². The highest BCUT2D eigenvalue weighted by Crippen LogP contribution is 2.29. The van der Waals surface area contributed by atoms with E-state index in [1.807, 2.05) is 19.1 Å². The second-order valence-corrected chi connectivity index (χ2v) is 7.74. The Morgan fingerprint density at radius 2 is 2.07 bits per heavy atom. The largest absolute Gasteiger partial charge is 0.490 e. The van der Waals surface area contributed by atoms with Crippen LogP contribution in [0.3, 0.4) is 0 Å². The number of hydrogen-bond donors (Lipinski definition) is 0. The molecule has 0 aliphatic heterocycles. The third-order valence-electron chi connectivity index (χ3n) is 4.38. The Hall–Kier alpha value is -3.10. The van der Waals surface area contributed by atoms with Crippen molar-refractivity contribution in [2.45, 2.75) is 13.5 Å². The number of nitrogens with zero attached hydrogens (tertiary/aromatic N) is 2. The van der Waals surface area contributed by atoms with Crippen molar-refractivity contribution in [2.24, 2.45) is 4.99 Å². The first kappa shape index (κ1) is 20.2. The highest BCUT2D eigenvalue weighted by atomic mass is 35.5. The van der Waals surface area contributed by atoms with Gasteiger partial charge in [-0.25, -0.2) is 0 Å². The SMILES string of the molecule is CCOc1cccc2cc(C(=O)N=c3sc4cc(Cl)ccc4n3CC(=O)OC)oc12. The fourth-order valence-electron chi connectivity index (χ4n) is 3.03. The molecule has 4 aromatic rings. The van der Waals surface area contributed by atoms with Crippen molar-refractivity contribution in [3.63, 3.8) is 0 Å². The number of amides is 1. The van der Waals surface area contributed by atoms with Crippen LogP contribution in [0, 0.1) is 0 Å². The maximum atomic E-state index is 12.9. The van der Waals surface area contributed by atoms with Crippen LogP contribution in [0.15, 0.2) is 51.9 Å². The lowest BCUT2D eigenvalue weighted by Crippen LogP contribution is -2.22. The van der Waals surface area contributed by atoms with Crippen molar-refractivity contribution in [2.75, 3.05) is 13.7 Å². The third-order valence-corrected chi connectivity index (χ3v) is 5.65. The smallest absolute Gasteiger partial charge is 0.325 e. The number of carbonyl (C=O) groups excluding carboxylic acids is 2. The molecule has 0 atom stereocenters. The lowest BCUT2D eigenvalue weighted by Gasteiger charge is -2.03. The number of aromatic nitrogens is 1. The van der Waals surface area contributed by atoms with Gasteiger partial charge in [0, 0.05) is 10.4 Å². The molecule has 0 aliphatic carbocycles. The van der Waals surface area contributed by atoms with E-state index in [-0.39, 0.29) is 12.3 Å². The van der Waals surface area contributed by atoms with Crippen molar-refractivity contribution in [3.8, 4) is 5.75 Å². The number of furan rings is 1. The summed E-state index contributed by atoms with van der Waals surface area (Å²) in [6.45, 7) is 2.27. The summed E-state index contributed by atoms with van der Waals surface area (Å²) in [5.41, 5.74) is 1.22. The van der Waals surface area contributed by atoms with Gasteiger partial charge in [-0.1, -0.05) is 35.1 Å². The molecule has 0 bridgehead atoms. The van der Waals surface area contributed by atoms with Gasteiger partial charge in [-0.15, -0.1) is 0 Å². The first-order valence-electron chi connectivity index (χ1n) is 9.10. The highest BCUT2D eigenvalue weighted by Gasteiger charge is 2.17.